The zero-order chi connectivity index (χ0) is 14.5. The highest BCUT2D eigenvalue weighted by atomic mass is 16.4. The summed E-state index contributed by atoms with van der Waals surface area (Å²) in [5.41, 5.74) is 1.02. The Labute approximate surface area is 120 Å². The van der Waals surface area contributed by atoms with E-state index in [1.54, 1.807) is 0 Å². The third-order valence-electron chi connectivity index (χ3n) is 4.13. The Hall–Kier alpha value is -1.36. The molecular weight excluding hydrogens is 254 g/mol. The first-order valence-electron chi connectivity index (χ1n) is 7.55. The molecule has 1 aromatic rings. The van der Waals surface area contributed by atoms with E-state index < -0.39 is 5.97 Å². The molecule has 5 heteroatoms. The molecular formula is C15H25N3O2. The Morgan fingerprint density at radius 3 is 2.90 bits per heavy atom. The maximum absolute atomic E-state index is 11.2. The minimum atomic E-state index is -0.638. The molecule has 112 valence electrons. The monoisotopic (exact) mass is 279 g/mol. The van der Waals surface area contributed by atoms with Crippen molar-refractivity contribution >= 4 is 5.97 Å². The summed E-state index contributed by atoms with van der Waals surface area (Å²) in [6.45, 7) is 5.68. The number of hydrogen-bond donors (Lipinski definition) is 2. The van der Waals surface area contributed by atoms with Gasteiger partial charge < -0.3 is 10.4 Å². The smallest absolute Gasteiger partial charge is 0.306 e. The molecule has 2 N–H and O–H groups in total. The van der Waals surface area contributed by atoms with Crippen LogP contribution in [0.25, 0.3) is 0 Å². The molecule has 5 nitrogen and oxygen atoms in total. The molecule has 1 saturated carbocycles. The number of rotatable bonds is 6. The number of aromatic nitrogens is 2. The van der Waals surface area contributed by atoms with Crippen molar-refractivity contribution in [1.82, 2.24) is 15.1 Å². The Morgan fingerprint density at radius 1 is 1.50 bits per heavy atom. The molecule has 2 rings (SSSR count). The molecule has 2 unspecified atom stereocenters. The van der Waals surface area contributed by atoms with E-state index in [0.29, 0.717) is 12.6 Å². The molecule has 1 fully saturated rings. The first-order chi connectivity index (χ1) is 9.58. The number of nitrogens with zero attached hydrogens (tertiary/aromatic N) is 2. The van der Waals surface area contributed by atoms with Crippen LogP contribution in [-0.4, -0.2) is 27.4 Å². The van der Waals surface area contributed by atoms with E-state index in [1.807, 2.05) is 16.9 Å². The number of carbonyl (C=O) groups is 1. The molecule has 1 aliphatic carbocycles. The number of aliphatic carboxylic acids is 1. The van der Waals surface area contributed by atoms with E-state index in [-0.39, 0.29) is 11.8 Å². The molecule has 0 aromatic carbocycles. The molecule has 0 amide bonds. The number of hydrogen-bond acceptors (Lipinski definition) is 3. The lowest BCUT2D eigenvalue weighted by Gasteiger charge is -2.28. The number of carboxylic acids is 1. The zero-order valence-corrected chi connectivity index (χ0v) is 12.4. The minimum Gasteiger partial charge on any atom is -0.481 e. The maximum Gasteiger partial charge on any atom is 0.306 e. The lowest BCUT2D eigenvalue weighted by atomic mass is 9.79. The van der Waals surface area contributed by atoms with Gasteiger partial charge in [-0.2, -0.15) is 5.10 Å². The van der Waals surface area contributed by atoms with Crippen LogP contribution in [0, 0.1) is 11.8 Å². The van der Waals surface area contributed by atoms with Gasteiger partial charge in [-0.3, -0.25) is 9.48 Å². The Bertz CT molecular complexity index is 442. The van der Waals surface area contributed by atoms with Crippen molar-refractivity contribution < 1.29 is 9.90 Å². The van der Waals surface area contributed by atoms with Crippen LogP contribution >= 0.6 is 0 Å². The highest BCUT2D eigenvalue weighted by Crippen LogP contribution is 2.29. The molecule has 1 aliphatic rings. The summed E-state index contributed by atoms with van der Waals surface area (Å²) in [6.07, 6.45) is 6.03. The van der Waals surface area contributed by atoms with Gasteiger partial charge in [0.15, 0.2) is 0 Å². The second-order valence-electron chi connectivity index (χ2n) is 6.00. The molecule has 20 heavy (non-hydrogen) atoms. The fraction of sp³-hybridized carbons (Fsp3) is 0.733. The van der Waals surface area contributed by atoms with E-state index in [2.05, 4.69) is 24.3 Å². The Kier molecular flexibility index (Phi) is 5.17. The fourth-order valence-corrected chi connectivity index (χ4v) is 2.92. The SMILES string of the molecule is CC(C)n1ccc(CNCC2CCCCC2C(=O)O)n1. The predicted molar refractivity (Wildman–Crippen MR) is 77.4 cm³/mol. The maximum atomic E-state index is 11.2. The second kappa shape index (κ2) is 6.88. The quantitative estimate of drug-likeness (QED) is 0.839. The topological polar surface area (TPSA) is 67.2 Å². The van der Waals surface area contributed by atoms with Gasteiger partial charge >= 0.3 is 5.97 Å². The van der Waals surface area contributed by atoms with Crippen molar-refractivity contribution in [3.05, 3.63) is 18.0 Å². The number of carboxylic acid groups (broad SMARTS) is 1. The summed E-state index contributed by atoms with van der Waals surface area (Å²) in [4.78, 5) is 11.2. The summed E-state index contributed by atoms with van der Waals surface area (Å²) in [6, 6.07) is 2.39. The summed E-state index contributed by atoms with van der Waals surface area (Å²) < 4.78 is 1.94. The average Bonchev–Trinajstić information content (AvgIpc) is 2.88. The van der Waals surface area contributed by atoms with Crippen LogP contribution < -0.4 is 5.32 Å². The van der Waals surface area contributed by atoms with Crippen molar-refractivity contribution in [1.29, 1.82) is 0 Å². The van der Waals surface area contributed by atoms with Crippen LogP contribution in [0.5, 0.6) is 0 Å². The van der Waals surface area contributed by atoms with Crippen molar-refractivity contribution in [3.8, 4) is 0 Å². The summed E-state index contributed by atoms with van der Waals surface area (Å²) in [7, 11) is 0. The number of nitrogens with one attached hydrogen (secondary N) is 1. The summed E-state index contributed by atoms with van der Waals surface area (Å²) >= 11 is 0. The third kappa shape index (κ3) is 3.82. The lowest BCUT2D eigenvalue weighted by Crippen LogP contribution is -2.34. The molecule has 1 heterocycles. The lowest BCUT2D eigenvalue weighted by molar-refractivity contribution is -0.144. The average molecular weight is 279 g/mol. The molecule has 0 spiro atoms. The summed E-state index contributed by atoms with van der Waals surface area (Å²) in [5.74, 6) is -0.557. The normalized spacial score (nSPS) is 23.1. The second-order valence-corrected chi connectivity index (χ2v) is 6.00. The molecule has 0 aliphatic heterocycles. The van der Waals surface area contributed by atoms with Crippen molar-refractivity contribution in [2.45, 2.75) is 52.1 Å². The van der Waals surface area contributed by atoms with Gasteiger partial charge in [0.1, 0.15) is 0 Å². The summed E-state index contributed by atoms with van der Waals surface area (Å²) in [5, 5.41) is 17.1. The van der Waals surface area contributed by atoms with Gasteiger partial charge in [0.25, 0.3) is 0 Å². The van der Waals surface area contributed by atoms with Gasteiger partial charge in [-0.1, -0.05) is 12.8 Å². The van der Waals surface area contributed by atoms with Crippen molar-refractivity contribution in [2.75, 3.05) is 6.54 Å². The first kappa shape index (κ1) is 15.0. The predicted octanol–water partition coefficient (Wildman–Crippen LogP) is 2.44. The Morgan fingerprint density at radius 2 is 2.25 bits per heavy atom. The Balaban J connectivity index is 1.80. The first-order valence-corrected chi connectivity index (χ1v) is 7.55. The van der Waals surface area contributed by atoms with Gasteiger partial charge in [-0.25, -0.2) is 0 Å². The molecule has 1 aromatic heterocycles. The largest absolute Gasteiger partial charge is 0.481 e. The van der Waals surface area contributed by atoms with E-state index >= 15 is 0 Å². The molecule has 0 saturated heterocycles. The molecule has 0 radical (unpaired) electrons. The van der Waals surface area contributed by atoms with E-state index in [4.69, 9.17) is 0 Å². The standard InChI is InChI=1S/C15H25N3O2/c1-11(2)18-8-7-13(17-18)10-16-9-12-5-3-4-6-14(12)15(19)20/h7-8,11-12,14,16H,3-6,9-10H2,1-2H3,(H,19,20). The van der Waals surface area contributed by atoms with Crippen LogP contribution in [0.1, 0.15) is 51.3 Å². The van der Waals surface area contributed by atoms with Crippen molar-refractivity contribution in [3.63, 3.8) is 0 Å². The van der Waals surface area contributed by atoms with Crippen LogP contribution in [0.15, 0.2) is 12.3 Å². The van der Waals surface area contributed by atoms with Gasteiger partial charge in [0.05, 0.1) is 11.6 Å². The van der Waals surface area contributed by atoms with Gasteiger partial charge in [0.2, 0.25) is 0 Å². The van der Waals surface area contributed by atoms with E-state index in [9.17, 15) is 9.90 Å². The highest BCUT2D eigenvalue weighted by Gasteiger charge is 2.30. The van der Waals surface area contributed by atoms with Gasteiger partial charge in [-0.05, 0) is 45.2 Å². The van der Waals surface area contributed by atoms with Crippen LogP contribution in [-0.2, 0) is 11.3 Å². The third-order valence-corrected chi connectivity index (χ3v) is 4.13. The van der Waals surface area contributed by atoms with E-state index in [1.165, 1.54) is 0 Å². The van der Waals surface area contributed by atoms with E-state index in [0.717, 1.165) is 37.9 Å². The van der Waals surface area contributed by atoms with Crippen molar-refractivity contribution in [2.24, 2.45) is 11.8 Å². The van der Waals surface area contributed by atoms with Gasteiger partial charge in [0, 0.05) is 18.8 Å². The minimum absolute atomic E-state index is 0.176. The highest BCUT2D eigenvalue weighted by molar-refractivity contribution is 5.70. The van der Waals surface area contributed by atoms with Crippen LogP contribution in [0.4, 0.5) is 0 Å². The van der Waals surface area contributed by atoms with Crippen LogP contribution in [0.3, 0.4) is 0 Å². The van der Waals surface area contributed by atoms with Gasteiger partial charge in [-0.15, -0.1) is 0 Å². The zero-order valence-electron chi connectivity index (χ0n) is 12.4. The van der Waals surface area contributed by atoms with Crippen LogP contribution in [0.2, 0.25) is 0 Å². The fourth-order valence-electron chi connectivity index (χ4n) is 2.92. The molecule has 2 atom stereocenters. The molecule has 0 bridgehead atoms.